The molecule has 0 atom stereocenters. The molecule has 1 amide bonds. The summed E-state index contributed by atoms with van der Waals surface area (Å²) in [6, 6.07) is 7.79. The molecule has 0 bridgehead atoms. The van der Waals surface area contributed by atoms with E-state index in [1.165, 1.54) is 5.56 Å². The van der Waals surface area contributed by atoms with Gasteiger partial charge in [0.1, 0.15) is 0 Å². The van der Waals surface area contributed by atoms with Crippen LogP contribution >= 0.6 is 24.0 Å². The van der Waals surface area contributed by atoms with Crippen LogP contribution in [0.3, 0.4) is 0 Å². The number of carbonyl (C=O) groups is 1. The lowest BCUT2D eigenvalue weighted by atomic mass is 10.1. The third-order valence-corrected chi connectivity index (χ3v) is 3.33. The van der Waals surface area contributed by atoms with Crippen LogP contribution in [-0.4, -0.2) is 18.0 Å². The fraction of sp³-hybridized carbons (Fsp3) is 0.462. The Balaban J connectivity index is 0.00000162. The molecule has 1 aliphatic rings. The average molecular weight is 289 g/mol. The van der Waals surface area contributed by atoms with Gasteiger partial charge in [0.25, 0.3) is 0 Å². The molecule has 0 saturated heterocycles. The Morgan fingerprint density at radius 1 is 1.33 bits per heavy atom. The predicted octanol–water partition coefficient (Wildman–Crippen LogP) is 2.30. The van der Waals surface area contributed by atoms with Gasteiger partial charge in [-0.05, 0) is 43.4 Å². The summed E-state index contributed by atoms with van der Waals surface area (Å²) >= 11 is 5.80. The van der Waals surface area contributed by atoms with Gasteiger partial charge in [0, 0.05) is 11.6 Å². The molecule has 1 aromatic carbocycles. The van der Waals surface area contributed by atoms with Gasteiger partial charge in [0.2, 0.25) is 5.91 Å². The van der Waals surface area contributed by atoms with Crippen molar-refractivity contribution >= 4 is 29.9 Å². The standard InChI is InChI=1S/C13H17ClN2O.ClH/c14-11-5-3-10(4-6-11)2-1-9-16-12(17)13(15)7-8-13;/h3-6H,1-2,7-9,15H2,(H,16,17);1H. The van der Waals surface area contributed by atoms with Crippen molar-refractivity contribution in [1.82, 2.24) is 5.32 Å². The molecule has 0 heterocycles. The van der Waals surface area contributed by atoms with E-state index >= 15 is 0 Å². The summed E-state index contributed by atoms with van der Waals surface area (Å²) in [5.41, 5.74) is 6.45. The molecule has 0 unspecified atom stereocenters. The molecule has 0 aromatic heterocycles. The summed E-state index contributed by atoms with van der Waals surface area (Å²) in [5, 5.41) is 3.63. The number of hydrogen-bond donors (Lipinski definition) is 2. The number of aryl methyl sites for hydroxylation is 1. The lowest BCUT2D eigenvalue weighted by molar-refractivity contribution is -0.123. The van der Waals surface area contributed by atoms with Crippen LogP contribution in [0, 0.1) is 0 Å². The zero-order valence-electron chi connectivity index (χ0n) is 10.1. The van der Waals surface area contributed by atoms with Gasteiger partial charge in [-0.2, -0.15) is 0 Å². The highest BCUT2D eigenvalue weighted by molar-refractivity contribution is 6.30. The number of amides is 1. The lowest BCUT2D eigenvalue weighted by Gasteiger charge is -2.09. The molecule has 1 aliphatic carbocycles. The first kappa shape index (κ1) is 15.3. The van der Waals surface area contributed by atoms with Crippen molar-refractivity contribution in [2.24, 2.45) is 5.73 Å². The number of carbonyl (C=O) groups excluding carboxylic acids is 1. The fourth-order valence-electron chi connectivity index (χ4n) is 1.68. The van der Waals surface area contributed by atoms with Crippen LogP contribution in [0.5, 0.6) is 0 Å². The average Bonchev–Trinajstić information content (AvgIpc) is 3.06. The van der Waals surface area contributed by atoms with E-state index in [0.29, 0.717) is 6.54 Å². The Kier molecular flexibility index (Phi) is 5.45. The number of nitrogens with two attached hydrogens (primary N) is 1. The van der Waals surface area contributed by atoms with Gasteiger partial charge in [-0.15, -0.1) is 12.4 Å². The van der Waals surface area contributed by atoms with E-state index in [2.05, 4.69) is 5.32 Å². The molecule has 0 spiro atoms. The summed E-state index contributed by atoms with van der Waals surface area (Å²) in [6.07, 6.45) is 3.49. The quantitative estimate of drug-likeness (QED) is 0.817. The Hall–Kier alpha value is -0.770. The van der Waals surface area contributed by atoms with E-state index in [-0.39, 0.29) is 18.3 Å². The van der Waals surface area contributed by atoms with E-state index in [1.807, 2.05) is 24.3 Å². The third kappa shape index (κ3) is 4.16. The maximum absolute atomic E-state index is 11.5. The van der Waals surface area contributed by atoms with Gasteiger partial charge in [-0.3, -0.25) is 4.79 Å². The zero-order chi connectivity index (χ0) is 12.3. The van der Waals surface area contributed by atoms with Gasteiger partial charge in [0.15, 0.2) is 0 Å². The second-order valence-electron chi connectivity index (χ2n) is 4.64. The van der Waals surface area contributed by atoms with Crippen LogP contribution in [0.4, 0.5) is 0 Å². The molecule has 1 fully saturated rings. The Morgan fingerprint density at radius 3 is 2.50 bits per heavy atom. The number of hydrogen-bond acceptors (Lipinski definition) is 2. The molecule has 3 N–H and O–H groups in total. The Labute approximate surface area is 118 Å². The highest BCUT2D eigenvalue weighted by atomic mass is 35.5. The molecule has 5 heteroatoms. The SMILES string of the molecule is Cl.NC1(C(=O)NCCCc2ccc(Cl)cc2)CC1. The van der Waals surface area contributed by atoms with E-state index in [0.717, 1.165) is 30.7 Å². The second-order valence-corrected chi connectivity index (χ2v) is 5.08. The monoisotopic (exact) mass is 288 g/mol. The van der Waals surface area contributed by atoms with Crippen LogP contribution < -0.4 is 11.1 Å². The first-order chi connectivity index (χ1) is 8.10. The van der Waals surface area contributed by atoms with Crippen molar-refractivity contribution in [3.05, 3.63) is 34.9 Å². The smallest absolute Gasteiger partial charge is 0.240 e. The molecule has 1 saturated carbocycles. The van der Waals surface area contributed by atoms with Crippen LogP contribution in [0.15, 0.2) is 24.3 Å². The summed E-state index contributed by atoms with van der Waals surface area (Å²) in [4.78, 5) is 11.5. The van der Waals surface area contributed by atoms with Crippen LogP contribution in [0.25, 0.3) is 0 Å². The minimum Gasteiger partial charge on any atom is -0.354 e. The van der Waals surface area contributed by atoms with Crippen molar-refractivity contribution in [3.63, 3.8) is 0 Å². The molecule has 1 aromatic rings. The molecule has 100 valence electrons. The van der Waals surface area contributed by atoms with Crippen LogP contribution in [-0.2, 0) is 11.2 Å². The number of halogens is 2. The number of rotatable bonds is 5. The van der Waals surface area contributed by atoms with Crippen molar-refractivity contribution in [2.75, 3.05) is 6.54 Å². The third-order valence-electron chi connectivity index (χ3n) is 3.08. The van der Waals surface area contributed by atoms with Gasteiger partial charge in [-0.1, -0.05) is 23.7 Å². The van der Waals surface area contributed by atoms with Crippen molar-refractivity contribution in [1.29, 1.82) is 0 Å². The maximum atomic E-state index is 11.5. The lowest BCUT2D eigenvalue weighted by Crippen LogP contribution is -2.43. The summed E-state index contributed by atoms with van der Waals surface area (Å²) in [6.45, 7) is 0.681. The maximum Gasteiger partial charge on any atom is 0.240 e. The van der Waals surface area contributed by atoms with E-state index in [1.54, 1.807) is 0 Å². The van der Waals surface area contributed by atoms with E-state index in [9.17, 15) is 4.79 Å². The largest absolute Gasteiger partial charge is 0.354 e. The highest BCUT2D eigenvalue weighted by Gasteiger charge is 2.45. The topological polar surface area (TPSA) is 55.1 Å². The number of nitrogens with one attached hydrogen (secondary N) is 1. The summed E-state index contributed by atoms with van der Waals surface area (Å²) in [7, 11) is 0. The Morgan fingerprint density at radius 2 is 1.94 bits per heavy atom. The van der Waals surface area contributed by atoms with E-state index in [4.69, 9.17) is 17.3 Å². The van der Waals surface area contributed by atoms with Crippen molar-refractivity contribution in [3.8, 4) is 0 Å². The molecule has 2 rings (SSSR count). The summed E-state index contributed by atoms with van der Waals surface area (Å²) in [5.74, 6) is -0.00592. The van der Waals surface area contributed by atoms with Gasteiger partial charge in [0.05, 0.1) is 5.54 Å². The number of benzene rings is 1. The Bertz CT molecular complexity index is 402. The molecule has 18 heavy (non-hydrogen) atoms. The fourth-order valence-corrected chi connectivity index (χ4v) is 1.81. The highest BCUT2D eigenvalue weighted by Crippen LogP contribution is 2.31. The van der Waals surface area contributed by atoms with Gasteiger partial charge < -0.3 is 11.1 Å². The minimum atomic E-state index is -0.555. The van der Waals surface area contributed by atoms with Gasteiger partial charge in [-0.25, -0.2) is 0 Å². The van der Waals surface area contributed by atoms with E-state index < -0.39 is 5.54 Å². The van der Waals surface area contributed by atoms with Crippen molar-refractivity contribution < 1.29 is 4.79 Å². The first-order valence-corrected chi connectivity index (χ1v) is 6.30. The second kappa shape index (κ2) is 6.41. The van der Waals surface area contributed by atoms with Crippen LogP contribution in [0.2, 0.25) is 5.02 Å². The molecule has 3 nitrogen and oxygen atoms in total. The molecular formula is C13H18Cl2N2O. The first-order valence-electron chi connectivity index (χ1n) is 5.92. The van der Waals surface area contributed by atoms with Crippen LogP contribution in [0.1, 0.15) is 24.8 Å². The summed E-state index contributed by atoms with van der Waals surface area (Å²) < 4.78 is 0. The predicted molar refractivity (Wildman–Crippen MR) is 76.2 cm³/mol. The van der Waals surface area contributed by atoms with Gasteiger partial charge >= 0.3 is 0 Å². The molecule has 0 radical (unpaired) electrons. The zero-order valence-corrected chi connectivity index (χ0v) is 11.7. The minimum absolute atomic E-state index is 0. The molecular weight excluding hydrogens is 271 g/mol. The normalized spacial score (nSPS) is 15.7. The molecule has 0 aliphatic heterocycles. The van der Waals surface area contributed by atoms with Crippen molar-refractivity contribution in [2.45, 2.75) is 31.2 Å².